The molecule has 1 aromatic carbocycles. The Hall–Kier alpha value is -1.61. The van der Waals surface area contributed by atoms with Gasteiger partial charge >= 0.3 is 0 Å². The first-order valence-corrected chi connectivity index (χ1v) is 8.05. The van der Waals surface area contributed by atoms with Gasteiger partial charge in [-0.25, -0.2) is 0 Å². The van der Waals surface area contributed by atoms with Gasteiger partial charge in [-0.3, -0.25) is 9.78 Å². The van der Waals surface area contributed by atoms with Gasteiger partial charge in [-0.2, -0.15) is 0 Å². The molecule has 2 heterocycles. The molecule has 1 aromatic heterocycles. The highest BCUT2D eigenvalue weighted by molar-refractivity contribution is 6.17. The van der Waals surface area contributed by atoms with Gasteiger partial charge in [0.25, 0.3) is 5.91 Å². The molecule has 0 aliphatic carbocycles. The summed E-state index contributed by atoms with van der Waals surface area (Å²) in [7, 11) is 0. The van der Waals surface area contributed by atoms with Crippen LogP contribution >= 0.6 is 11.6 Å². The van der Waals surface area contributed by atoms with Gasteiger partial charge in [0.2, 0.25) is 0 Å². The van der Waals surface area contributed by atoms with Crippen molar-refractivity contribution in [2.45, 2.75) is 31.7 Å². The van der Waals surface area contributed by atoms with E-state index in [0.717, 1.165) is 43.1 Å². The van der Waals surface area contributed by atoms with Crippen LogP contribution in [-0.2, 0) is 0 Å². The Labute approximate surface area is 129 Å². The Bertz CT molecular complexity index is 638. The molecule has 1 atom stereocenters. The van der Waals surface area contributed by atoms with Crippen LogP contribution in [0.4, 0.5) is 0 Å². The third kappa shape index (κ3) is 2.88. The van der Waals surface area contributed by atoms with Crippen LogP contribution in [-0.4, -0.2) is 34.3 Å². The minimum atomic E-state index is 0.108. The first kappa shape index (κ1) is 14.3. The molecule has 3 rings (SSSR count). The number of hydrogen-bond donors (Lipinski definition) is 0. The van der Waals surface area contributed by atoms with Crippen LogP contribution in [0.2, 0.25) is 0 Å². The lowest BCUT2D eigenvalue weighted by Gasteiger charge is -2.25. The maximum Gasteiger partial charge on any atom is 0.256 e. The predicted octanol–water partition coefficient (Wildman–Crippen LogP) is 3.86. The van der Waals surface area contributed by atoms with E-state index in [-0.39, 0.29) is 5.91 Å². The van der Waals surface area contributed by atoms with Gasteiger partial charge in [-0.1, -0.05) is 18.2 Å². The number of nitrogens with zero attached hydrogens (tertiary/aromatic N) is 2. The molecular weight excluding hydrogens is 284 g/mol. The van der Waals surface area contributed by atoms with Crippen molar-refractivity contribution in [2.24, 2.45) is 0 Å². The molecule has 0 N–H and O–H groups in total. The Kier molecular flexibility index (Phi) is 4.39. The third-order valence-corrected chi connectivity index (χ3v) is 4.44. The monoisotopic (exact) mass is 302 g/mol. The Morgan fingerprint density at radius 3 is 3.05 bits per heavy atom. The zero-order chi connectivity index (χ0) is 14.7. The normalized spacial score (nSPS) is 18.3. The van der Waals surface area contributed by atoms with Gasteiger partial charge in [-0.15, -0.1) is 11.6 Å². The van der Waals surface area contributed by atoms with Gasteiger partial charge in [0.05, 0.1) is 11.1 Å². The van der Waals surface area contributed by atoms with E-state index in [0.29, 0.717) is 17.5 Å². The number of rotatable bonds is 4. The van der Waals surface area contributed by atoms with Crippen molar-refractivity contribution in [1.82, 2.24) is 9.88 Å². The second kappa shape index (κ2) is 6.44. The van der Waals surface area contributed by atoms with Crippen molar-refractivity contribution >= 4 is 28.4 Å². The average molecular weight is 303 g/mol. The Morgan fingerprint density at radius 1 is 1.33 bits per heavy atom. The smallest absolute Gasteiger partial charge is 0.256 e. The van der Waals surface area contributed by atoms with E-state index in [2.05, 4.69) is 4.98 Å². The number of carbonyl (C=O) groups excluding carboxylic acids is 1. The molecule has 2 aromatic rings. The number of likely N-dealkylation sites (tertiary alicyclic amines) is 1. The SMILES string of the molecule is O=C(c1cccc2cccnc12)N1CCCC1CCCCl. The highest BCUT2D eigenvalue weighted by Gasteiger charge is 2.29. The van der Waals surface area contributed by atoms with Crippen LogP contribution in [0.3, 0.4) is 0 Å². The number of para-hydroxylation sites is 1. The summed E-state index contributed by atoms with van der Waals surface area (Å²) in [4.78, 5) is 19.3. The number of aromatic nitrogens is 1. The number of hydrogen-bond acceptors (Lipinski definition) is 2. The van der Waals surface area contributed by atoms with Gasteiger partial charge in [0.15, 0.2) is 0 Å². The van der Waals surface area contributed by atoms with E-state index >= 15 is 0 Å². The first-order valence-electron chi connectivity index (χ1n) is 7.52. The van der Waals surface area contributed by atoms with E-state index in [9.17, 15) is 4.79 Å². The summed E-state index contributed by atoms with van der Waals surface area (Å²) < 4.78 is 0. The molecule has 0 saturated carbocycles. The van der Waals surface area contributed by atoms with Crippen molar-refractivity contribution in [3.63, 3.8) is 0 Å². The molecule has 0 bridgehead atoms. The molecule has 1 aliphatic heterocycles. The maximum atomic E-state index is 12.9. The van der Waals surface area contributed by atoms with Crippen LogP contribution in [0.25, 0.3) is 10.9 Å². The van der Waals surface area contributed by atoms with Crippen molar-refractivity contribution in [2.75, 3.05) is 12.4 Å². The number of amides is 1. The Morgan fingerprint density at radius 2 is 2.19 bits per heavy atom. The zero-order valence-corrected chi connectivity index (χ0v) is 12.7. The molecule has 1 aliphatic rings. The van der Waals surface area contributed by atoms with E-state index < -0.39 is 0 Å². The largest absolute Gasteiger partial charge is 0.336 e. The average Bonchev–Trinajstić information content (AvgIpc) is 3.00. The molecule has 110 valence electrons. The van der Waals surface area contributed by atoms with E-state index in [1.807, 2.05) is 35.2 Å². The number of alkyl halides is 1. The van der Waals surface area contributed by atoms with Crippen LogP contribution in [0, 0.1) is 0 Å². The van der Waals surface area contributed by atoms with E-state index in [1.54, 1.807) is 6.20 Å². The fourth-order valence-electron chi connectivity index (χ4n) is 3.15. The van der Waals surface area contributed by atoms with Crippen molar-refractivity contribution in [3.05, 3.63) is 42.1 Å². The van der Waals surface area contributed by atoms with Crippen LogP contribution in [0.1, 0.15) is 36.0 Å². The highest BCUT2D eigenvalue weighted by Crippen LogP contribution is 2.26. The van der Waals surface area contributed by atoms with E-state index in [4.69, 9.17) is 11.6 Å². The molecule has 1 amide bonds. The second-order valence-electron chi connectivity index (χ2n) is 5.51. The number of carbonyl (C=O) groups is 1. The zero-order valence-electron chi connectivity index (χ0n) is 12.0. The van der Waals surface area contributed by atoms with Crippen molar-refractivity contribution < 1.29 is 4.79 Å². The number of benzene rings is 1. The lowest BCUT2D eigenvalue weighted by molar-refractivity contribution is 0.0732. The fraction of sp³-hybridized carbons (Fsp3) is 0.412. The van der Waals surface area contributed by atoms with Crippen LogP contribution in [0.5, 0.6) is 0 Å². The minimum Gasteiger partial charge on any atom is -0.336 e. The fourth-order valence-corrected chi connectivity index (χ4v) is 3.30. The summed E-state index contributed by atoms with van der Waals surface area (Å²) in [6.07, 6.45) is 5.86. The van der Waals surface area contributed by atoms with Crippen LogP contribution in [0.15, 0.2) is 36.5 Å². The summed E-state index contributed by atoms with van der Waals surface area (Å²) in [6.45, 7) is 0.842. The summed E-state index contributed by atoms with van der Waals surface area (Å²) in [6, 6.07) is 10.0. The highest BCUT2D eigenvalue weighted by atomic mass is 35.5. The first-order chi connectivity index (χ1) is 10.3. The molecule has 0 radical (unpaired) electrons. The molecule has 1 fully saturated rings. The molecular formula is C17H19ClN2O. The molecule has 0 spiro atoms. The summed E-state index contributed by atoms with van der Waals surface area (Å²) in [5.74, 6) is 0.769. The third-order valence-electron chi connectivity index (χ3n) is 4.17. The molecule has 4 heteroatoms. The predicted molar refractivity (Wildman–Crippen MR) is 85.8 cm³/mol. The van der Waals surface area contributed by atoms with Gasteiger partial charge < -0.3 is 4.90 Å². The molecule has 21 heavy (non-hydrogen) atoms. The lowest BCUT2D eigenvalue weighted by atomic mass is 10.1. The summed E-state index contributed by atoms with van der Waals surface area (Å²) in [5.41, 5.74) is 1.51. The molecule has 3 nitrogen and oxygen atoms in total. The summed E-state index contributed by atoms with van der Waals surface area (Å²) >= 11 is 5.79. The topological polar surface area (TPSA) is 33.2 Å². The van der Waals surface area contributed by atoms with E-state index in [1.165, 1.54) is 0 Å². The number of fused-ring (bicyclic) bond motifs is 1. The Balaban J connectivity index is 1.89. The van der Waals surface area contributed by atoms with Crippen molar-refractivity contribution in [1.29, 1.82) is 0 Å². The van der Waals surface area contributed by atoms with Gasteiger partial charge in [-0.05, 0) is 37.8 Å². The number of pyridine rings is 1. The number of halogens is 1. The lowest BCUT2D eigenvalue weighted by Crippen LogP contribution is -2.35. The van der Waals surface area contributed by atoms with Crippen molar-refractivity contribution in [3.8, 4) is 0 Å². The molecule has 1 saturated heterocycles. The standard InChI is InChI=1S/C17H19ClN2O/c18-10-2-7-14-8-4-12-20(14)17(21)15-9-1-5-13-6-3-11-19-16(13)15/h1,3,5-6,9,11,14H,2,4,7-8,10,12H2. The summed E-state index contributed by atoms with van der Waals surface area (Å²) in [5, 5.41) is 1.01. The maximum absolute atomic E-state index is 12.9. The van der Waals surface area contributed by atoms with Crippen LogP contribution < -0.4 is 0 Å². The quantitative estimate of drug-likeness (QED) is 0.804. The molecule has 1 unspecified atom stereocenters. The minimum absolute atomic E-state index is 0.108. The van der Waals surface area contributed by atoms with Gasteiger partial charge in [0.1, 0.15) is 0 Å². The van der Waals surface area contributed by atoms with Gasteiger partial charge in [0, 0.05) is 30.0 Å². The second-order valence-corrected chi connectivity index (χ2v) is 5.88.